The summed E-state index contributed by atoms with van der Waals surface area (Å²) < 4.78 is 5.32. The van der Waals surface area contributed by atoms with Gasteiger partial charge in [-0.25, -0.2) is 0 Å². The van der Waals surface area contributed by atoms with Crippen LogP contribution in [0.2, 0.25) is 0 Å². The van der Waals surface area contributed by atoms with Crippen LogP contribution in [-0.2, 0) is 6.54 Å². The van der Waals surface area contributed by atoms with Gasteiger partial charge in [0.05, 0.1) is 13.7 Å². The standard InChI is InChI=1S/C15H24N2O/c1-6-11(2)15(17-4)14-9-13(18-5)8-7-12(14)10-16-3/h7-9,11,15,17H,3,6,10H2,1-2,4-5H3. The van der Waals surface area contributed by atoms with E-state index in [1.54, 1.807) is 7.11 Å². The Kier molecular flexibility index (Phi) is 5.86. The van der Waals surface area contributed by atoms with Crippen molar-refractivity contribution in [2.24, 2.45) is 10.9 Å². The number of aliphatic imine (C=N–C) groups is 1. The van der Waals surface area contributed by atoms with Gasteiger partial charge in [-0.05, 0) is 42.9 Å². The Morgan fingerprint density at radius 3 is 2.67 bits per heavy atom. The van der Waals surface area contributed by atoms with Gasteiger partial charge in [-0.2, -0.15) is 0 Å². The predicted octanol–water partition coefficient (Wildman–Crippen LogP) is 3.20. The lowest BCUT2D eigenvalue weighted by atomic mass is 9.89. The van der Waals surface area contributed by atoms with E-state index < -0.39 is 0 Å². The highest BCUT2D eigenvalue weighted by Gasteiger charge is 2.19. The van der Waals surface area contributed by atoms with E-state index in [9.17, 15) is 0 Å². The van der Waals surface area contributed by atoms with E-state index in [0.717, 1.165) is 12.2 Å². The fourth-order valence-corrected chi connectivity index (χ4v) is 2.24. The van der Waals surface area contributed by atoms with E-state index in [4.69, 9.17) is 4.74 Å². The minimum absolute atomic E-state index is 0.321. The molecule has 0 fully saturated rings. The van der Waals surface area contributed by atoms with Gasteiger partial charge >= 0.3 is 0 Å². The number of hydrogen-bond acceptors (Lipinski definition) is 3. The number of methoxy groups -OCH3 is 1. The molecule has 0 aromatic heterocycles. The average molecular weight is 248 g/mol. The van der Waals surface area contributed by atoms with Crippen LogP contribution in [0.3, 0.4) is 0 Å². The molecule has 0 aliphatic carbocycles. The van der Waals surface area contributed by atoms with Crippen molar-refractivity contribution >= 4 is 6.72 Å². The molecular weight excluding hydrogens is 224 g/mol. The van der Waals surface area contributed by atoms with Gasteiger partial charge in [-0.15, -0.1) is 0 Å². The maximum Gasteiger partial charge on any atom is 0.119 e. The van der Waals surface area contributed by atoms with Gasteiger partial charge in [0.25, 0.3) is 0 Å². The van der Waals surface area contributed by atoms with Crippen molar-refractivity contribution in [3.63, 3.8) is 0 Å². The lowest BCUT2D eigenvalue weighted by molar-refractivity contribution is 0.390. The number of nitrogens with zero attached hydrogens (tertiary/aromatic N) is 1. The maximum atomic E-state index is 5.32. The number of benzene rings is 1. The van der Waals surface area contributed by atoms with Crippen LogP contribution in [0.25, 0.3) is 0 Å². The molecular formula is C15H24N2O. The van der Waals surface area contributed by atoms with E-state index in [2.05, 4.69) is 43.0 Å². The summed E-state index contributed by atoms with van der Waals surface area (Å²) in [4.78, 5) is 4.01. The normalized spacial score (nSPS) is 14.0. The summed E-state index contributed by atoms with van der Waals surface area (Å²) in [5.74, 6) is 1.45. The number of hydrogen-bond donors (Lipinski definition) is 1. The van der Waals surface area contributed by atoms with Crippen molar-refractivity contribution in [3.05, 3.63) is 29.3 Å². The third kappa shape index (κ3) is 3.33. The fourth-order valence-electron chi connectivity index (χ4n) is 2.24. The monoisotopic (exact) mass is 248 g/mol. The van der Waals surface area contributed by atoms with Gasteiger partial charge in [0, 0.05) is 6.04 Å². The van der Waals surface area contributed by atoms with Gasteiger partial charge in [-0.3, -0.25) is 4.99 Å². The van der Waals surface area contributed by atoms with Crippen molar-refractivity contribution in [1.82, 2.24) is 5.32 Å². The van der Waals surface area contributed by atoms with Crippen LogP contribution in [0, 0.1) is 5.92 Å². The molecule has 100 valence electrons. The molecule has 3 nitrogen and oxygen atoms in total. The molecule has 0 aliphatic rings. The lowest BCUT2D eigenvalue weighted by Gasteiger charge is -2.25. The summed E-state index contributed by atoms with van der Waals surface area (Å²) in [7, 11) is 3.70. The quantitative estimate of drug-likeness (QED) is 0.752. The Labute approximate surface area is 110 Å². The predicted molar refractivity (Wildman–Crippen MR) is 77.5 cm³/mol. The maximum absolute atomic E-state index is 5.32. The Morgan fingerprint density at radius 2 is 2.17 bits per heavy atom. The smallest absolute Gasteiger partial charge is 0.119 e. The molecule has 0 bridgehead atoms. The van der Waals surface area contributed by atoms with Crippen LogP contribution < -0.4 is 10.1 Å². The first kappa shape index (κ1) is 14.7. The molecule has 0 aliphatic heterocycles. The van der Waals surface area contributed by atoms with E-state index in [-0.39, 0.29) is 0 Å². The molecule has 0 spiro atoms. The van der Waals surface area contributed by atoms with E-state index in [1.165, 1.54) is 11.1 Å². The second-order valence-electron chi connectivity index (χ2n) is 4.60. The lowest BCUT2D eigenvalue weighted by Crippen LogP contribution is -2.24. The molecule has 1 aromatic rings. The minimum Gasteiger partial charge on any atom is -0.497 e. The molecule has 1 rings (SSSR count). The molecule has 0 saturated carbocycles. The summed E-state index contributed by atoms with van der Waals surface area (Å²) in [6.07, 6.45) is 1.13. The first-order valence-electron chi connectivity index (χ1n) is 6.44. The summed E-state index contributed by atoms with van der Waals surface area (Å²) in [6, 6.07) is 6.48. The topological polar surface area (TPSA) is 33.6 Å². The fraction of sp³-hybridized carbons (Fsp3) is 0.533. The molecule has 1 N–H and O–H groups in total. The van der Waals surface area contributed by atoms with E-state index in [0.29, 0.717) is 18.5 Å². The highest BCUT2D eigenvalue weighted by molar-refractivity contribution is 5.39. The molecule has 0 amide bonds. The van der Waals surface area contributed by atoms with Gasteiger partial charge in [0.15, 0.2) is 0 Å². The van der Waals surface area contributed by atoms with E-state index in [1.807, 2.05) is 13.1 Å². The van der Waals surface area contributed by atoms with E-state index >= 15 is 0 Å². The Morgan fingerprint density at radius 1 is 1.44 bits per heavy atom. The van der Waals surface area contributed by atoms with Crippen molar-refractivity contribution in [2.75, 3.05) is 14.2 Å². The third-order valence-electron chi connectivity index (χ3n) is 3.49. The molecule has 2 unspecified atom stereocenters. The largest absolute Gasteiger partial charge is 0.497 e. The zero-order chi connectivity index (χ0) is 13.5. The van der Waals surface area contributed by atoms with Gasteiger partial charge in [0.1, 0.15) is 5.75 Å². The second-order valence-corrected chi connectivity index (χ2v) is 4.60. The number of nitrogens with one attached hydrogen (secondary N) is 1. The first-order chi connectivity index (χ1) is 8.67. The average Bonchev–Trinajstić information content (AvgIpc) is 2.41. The van der Waals surface area contributed by atoms with Crippen LogP contribution in [-0.4, -0.2) is 20.9 Å². The van der Waals surface area contributed by atoms with Crippen LogP contribution in [0.1, 0.15) is 37.4 Å². The number of ether oxygens (including phenoxy) is 1. The van der Waals surface area contributed by atoms with Crippen molar-refractivity contribution < 1.29 is 4.74 Å². The molecule has 0 saturated heterocycles. The highest BCUT2D eigenvalue weighted by Crippen LogP contribution is 2.30. The second kappa shape index (κ2) is 7.17. The number of rotatable bonds is 7. The molecule has 3 heteroatoms. The molecule has 0 heterocycles. The third-order valence-corrected chi connectivity index (χ3v) is 3.49. The van der Waals surface area contributed by atoms with Crippen LogP contribution >= 0.6 is 0 Å². The Hall–Kier alpha value is -1.35. The summed E-state index contributed by atoms with van der Waals surface area (Å²) in [6.45, 7) is 8.70. The van der Waals surface area contributed by atoms with Crippen molar-refractivity contribution in [2.45, 2.75) is 32.9 Å². The molecule has 2 atom stereocenters. The summed E-state index contributed by atoms with van der Waals surface area (Å²) in [5, 5.41) is 3.40. The van der Waals surface area contributed by atoms with Gasteiger partial charge < -0.3 is 10.1 Å². The van der Waals surface area contributed by atoms with Crippen LogP contribution in [0.5, 0.6) is 5.75 Å². The SMILES string of the molecule is C=NCc1ccc(OC)cc1C(NC)C(C)CC. The van der Waals surface area contributed by atoms with Crippen LogP contribution in [0.15, 0.2) is 23.2 Å². The van der Waals surface area contributed by atoms with Crippen LogP contribution in [0.4, 0.5) is 0 Å². The minimum atomic E-state index is 0.321. The van der Waals surface area contributed by atoms with Crippen molar-refractivity contribution in [1.29, 1.82) is 0 Å². The van der Waals surface area contributed by atoms with Crippen molar-refractivity contribution in [3.8, 4) is 5.75 Å². The Balaban J connectivity index is 3.18. The molecule has 0 radical (unpaired) electrons. The van der Waals surface area contributed by atoms with Gasteiger partial charge in [0.2, 0.25) is 0 Å². The zero-order valence-electron chi connectivity index (χ0n) is 11.9. The Bertz CT molecular complexity index is 390. The first-order valence-corrected chi connectivity index (χ1v) is 6.44. The highest BCUT2D eigenvalue weighted by atomic mass is 16.5. The molecule has 18 heavy (non-hydrogen) atoms. The zero-order valence-corrected chi connectivity index (χ0v) is 11.9. The summed E-state index contributed by atoms with van der Waals surface area (Å²) in [5.41, 5.74) is 2.48. The van der Waals surface area contributed by atoms with Gasteiger partial charge in [-0.1, -0.05) is 26.3 Å². The molecule has 1 aromatic carbocycles. The summed E-state index contributed by atoms with van der Waals surface area (Å²) >= 11 is 0.